The highest BCUT2D eigenvalue weighted by Crippen LogP contribution is 2.32. The van der Waals surface area contributed by atoms with Crippen molar-refractivity contribution < 1.29 is 27.5 Å². The molecule has 0 atom stereocenters. The van der Waals surface area contributed by atoms with E-state index in [1.165, 1.54) is 34.6 Å². The van der Waals surface area contributed by atoms with Gasteiger partial charge in [-0.3, -0.25) is 9.20 Å². The van der Waals surface area contributed by atoms with Crippen molar-refractivity contribution in [2.24, 2.45) is 0 Å². The van der Waals surface area contributed by atoms with Gasteiger partial charge in [0.05, 0.1) is 17.8 Å². The number of halogens is 3. The maximum atomic E-state index is 12.9. The minimum atomic E-state index is -4.44. The van der Waals surface area contributed by atoms with Crippen LogP contribution in [0.5, 0.6) is 0 Å². The van der Waals surface area contributed by atoms with E-state index in [1.54, 1.807) is 9.78 Å². The van der Waals surface area contributed by atoms with Crippen molar-refractivity contribution in [3.63, 3.8) is 0 Å². The second kappa shape index (κ2) is 7.39. The maximum absolute atomic E-state index is 12.9. The molecule has 4 rings (SSSR count). The topological polar surface area (TPSA) is 75.9 Å². The van der Waals surface area contributed by atoms with Gasteiger partial charge >= 0.3 is 12.3 Å². The molecule has 0 bridgehead atoms. The summed E-state index contributed by atoms with van der Waals surface area (Å²) in [5, 5.41) is 4.35. The zero-order valence-electron chi connectivity index (χ0n) is 14.9. The predicted octanol–water partition coefficient (Wildman–Crippen LogP) is 3.26. The van der Waals surface area contributed by atoms with E-state index >= 15 is 0 Å². The molecule has 1 fully saturated rings. The molecule has 1 aliphatic rings. The van der Waals surface area contributed by atoms with Crippen LogP contribution in [0.1, 0.15) is 16.1 Å². The van der Waals surface area contributed by atoms with Crippen molar-refractivity contribution in [1.82, 2.24) is 19.6 Å². The third kappa shape index (κ3) is 3.90. The highest BCUT2D eigenvalue weighted by Gasteiger charge is 2.30. The van der Waals surface area contributed by atoms with Gasteiger partial charge in [-0.2, -0.15) is 13.2 Å². The van der Waals surface area contributed by atoms with Crippen molar-refractivity contribution in [1.29, 1.82) is 0 Å². The third-order valence-electron chi connectivity index (χ3n) is 4.44. The Balaban J connectivity index is 1.50. The van der Waals surface area contributed by atoms with Gasteiger partial charge in [0.2, 0.25) is 0 Å². The normalized spacial score (nSPS) is 14.4. The fraction of sp³-hybridized carbons (Fsp3) is 0.278. The van der Waals surface area contributed by atoms with E-state index in [9.17, 15) is 22.8 Å². The standard InChI is InChI=1S/C18H15F3N4O3S/c19-18(20,21)12-3-1-2-11(8-12)13-9-25-14(10-29-16(25)23-13)15(26)22-4-5-24-6-7-28-17(24)27/h1-3,8-10H,4-7H2,(H,22,26). The SMILES string of the molecule is O=C(NCCN1CCOC1=O)c1csc2nc(-c3cccc(C(F)(F)F)c3)cn12. The van der Waals surface area contributed by atoms with Gasteiger partial charge in [0, 0.05) is 30.2 Å². The minimum absolute atomic E-state index is 0.250. The number of ether oxygens (including phenoxy) is 1. The molecule has 2 amide bonds. The molecule has 1 saturated heterocycles. The van der Waals surface area contributed by atoms with E-state index < -0.39 is 17.8 Å². The molecule has 2 aromatic heterocycles. The van der Waals surface area contributed by atoms with Gasteiger partial charge in [-0.25, -0.2) is 9.78 Å². The molecule has 0 aliphatic carbocycles. The molecule has 0 unspecified atom stereocenters. The molecule has 7 nitrogen and oxygen atoms in total. The number of rotatable bonds is 5. The Morgan fingerprint density at radius 3 is 2.90 bits per heavy atom. The highest BCUT2D eigenvalue weighted by molar-refractivity contribution is 7.15. The first-order valence-electron chi connectivity index (χ1n) is 8.67. The Morgan fingerprint density at radius 1 is 1.34 bits per heavy atom. The van der Waals surface area contributed by atoms with Crippen LogP contribution in [0, 0.1) is 0 Å². The number of nitrogens with one attached hydrogen (secondary N) is 1. The van der Waals surface area contributed by atoms with Crippen LogP contribution in [0.15, 0.2) is 35.8 Å². The summed E-state index contributed by atoms with van der Waals surface area (Å²) in [6.07, 6.45) is -3.31. The Morgan fingerprint density at radius 2 is 2.17 bits per heavy atom. The summed E-state index contributed by atoms with van der Waals surface area (Å²) in [5.41, 5.74) is 0.218. The number of aromatic nitrogens is 2. The van der Waals surface area contributed by atoms with Crippen LogP contribution in [0.25, 0.3) is 16.2 Å². The number of thiazole rings is 1. The molecule has 1 N–H and O–H groups in total. The van der Waals surface area contributed by atoms with Crippen LogP contribution in [0.4, 0.5) is 18.0 Å². The van der Waals surface area contributed by atoms with Gasteiger partial charge in [0.15, 0.2) is 4.96 Å². The number of amides is 2. The number of alkyl halides is 3. The molecule has 0 spiro atoms. The lowest BCUT2D eigenvalue weighted by Crippen LogP contribution is -2.35. The molecule has 29 heavy (non-hydrogen) atoms. The van der Waals surface area contributed by atoms with Gasteiger partial charge in [-0.1, -0.05) is 12.1 Å². The largest absolute Gasteiger partial charge is 0.448 e. The number of fused-ring (bicyclic) bond motifs is 1. The number of hydrogen-bond donors (Lipinski definition) is 1. The Hall–Kier alpha value is -3.08. The second-order valence-electron chi connectivity index (χ2n) is 6.34. The Bertz CT molecular complexity index is 1080. The lowest BCUT2D eigenvalue weighted by Gasteiger charge is -2.12. The van der Waals surface area contributed by atoms with E-state index in [4.69, 9.17) is 4.74 Å². The summed E-state index contributed by atoms with van der Waals surface area (Å²) in [5.74, 6) is -0.364. The zero-order chi connectivity index (χ0) is 20.6. The fourth-order valence-corrected chi connectivity index (χ4v) is 3.82. The first kappa shape index (κ1) is 19.2. The molecule has 152 valence electrons. The second-order valence-corrected chi connectivity index (χ2v) is 7.17. The summed E-state index contributed by atoms with van der Waals surface area (Å²) >= 11 is 1.21. The molecule has 11 heteroatoms. The summed E-state index contributed by atoms with van der Waals surface area (Å²) in [4.78, 5) is 30.2. The number of benzene rings is 1. The smallest absolute Gasteiger partial charge is 0.416 e. The number of nitrogens with zero attached hydrogens (tertiary/aromatic N) is 3. The van der Waals surface area contributed by atoms with Crippen LogP contribution in [0.2, 0.25) is 0 Å². The Kier molecular flexibility index (Phi) is 4.91. The molecule has 1 aliphatic heterocycles. The van der Waals surface area contributed by atoms with Crippen molar-refractivity contribution in [2.75, 3.05) is 26.2 Å². The number of carbonyl (C=O) groups excluding carboxylic acids is 2. The third-order valence-corrected chi connectivity index (χ3v) is 5.28. The first-order chi connectivity index (χ1) is 13.8. The zero-order valence-corrected chi connectivity index (χ0v) is 15.7. The van der Waals surface area contributed by atoms with Crippen LogP contribution < -0.4 is 5.32 Å². The van der Waals surface area contributed by atoms with Crippen molar-refractivity contribution in [3.05, 3.63) is 47.1 Å². The quantitative estimate of drug-likeness (QED) is 0.682. The molecule has 3 heterocycles. The summed E-state index contributed by atoms with van der Waals surface area (Å²) in [6.45, 7) is 1.41. The van der Waals surface area contributed by atoms with E-state index in [0.717, 1.165) is 12.1 Å². The van der Waals surface area contributed by atoms with E-state index in [0.29, 0.717) is 41.6 Å². The fourth-order valence-electron chi connectivity index (χ4n) is 2.96. The van der Waals surface area contributed by atoms with Crippen LogP contribution in [0.3, 0.4) is 0 Å². The van der Waals surface area contributed by atoms with Crippen molar-refractivity contribution in [3.8, 4) is 11.3 Å². The number of hydrogen-bond acceptors (Lipinski definition) is 5. The van der Waals surface area contributed by atoms with E-state index in [-0.39, 0.29) is 12.5 Å². The number of cyclic esters (lactones) is 1. The number of imidazole rings is 1. The monoisotopic (exact) mass is 424 g/mol. The lowest BCUT2D eigenvalue weighted by atomic mass is 10.1. The van der Waals surface area contributed by atoms with Crippen LogP contribution in [-0.2, 0) is 10.9 Å². The molecule has 0 saturated carbocycles. The summed E-state index contributed by atoms with van der Waals surface area (Å²) in [6, 6.07) is 4.89. The molecular weight excluding hydrogens is 409 g/mol. The first-order valence-corrected chi connectivity index (χ1v) is 9.55. The molecule has 3 aromatic rings. The van der Waals surface area contributed by atoms with Gasteiger partial charge < -0.3 is 15.0 Å². The van der Waals surface area contributed by atoms with Crippen molar-refractivity contribution in [2.45, 2.75) is 6.18 Å². The molecule has 1 aromatic carbocycles. The van der Waals surface area contributed by atoms with Gasteiger partial charge in [-0.05, 0) is 12.1 Å². The number of carbonyl (C=O) groups is 2. The summed E-state index contributed by atoms with van der Waals surface area (Å²) < 4.78 is 45.2. The average molecular weight is 424 g/mol. The van der Waals surface area contributed by atoms with Crippen molar-refractivity contribution >= 4 is 28.3 Å². The van der Waals surface area contributed by atoms with Crippen LogP contribution in [-0.4, -0.2) is 52.5 Å². The van der Waals surface area contributed by atoms with E-state index in [2.05, 4.69) is 10.3 Å². The Labute approximate surface area is 166 Å². The predicted molar refractivity (Wildman–Crippen MR) is 98.8 cm³/mol. The minimum Gasteiger partial charge on any atom is -0.448 e. The maximum Gasteiger partial charge on any atom is 0.416 e. The lowest BCUT2D eigenvalue weighted by molar-refractivity contribution is -0.137. The highest BCUT2D eigenvalue weighted by atomic mass is 32.1. The molecule has 0 radical (unpaired) electrons. The molecular formula is C18H15F3N4O3S. The van der Waals surface area contributed by atoms with Gasteiger partial charge in [0.1, 0.15) is 12.3 Å². The average Bonchev–Trinajstić information content (AvgIpc) is 3.37. The van der Waals surface area contributed by atoms with E-state index in [1.807, 2.05) is 0 Å². The van der Waals surface area contributed by atoms with Crippen LogP contribution >= 0.6 is 11.3 Å². The van der Waals surface area contributed by atoms with Gasteiger partial charge in [-0.15, -0.1) is 11.3 Å². The van der Waals surface area contributed by atoms with Gasteiger partial charge in [0.25, 0.3) is 5.91 Å². The summed E-state index contributed by atoms with van der Waals surface area (Å²) in [7, 11) is 0.